The standard InChI is InChI=1S/C15H17F2N3/c1-2-4-18-10-14-3-5-19-15(20-14)8-11-6-12(16)9-13(17)7-11/h3,5-7,9,18H,2,4,8,10H2,1H3. The molecular formula is C15H17F2N3. The number of rotatable bonds is 6. The van der Waals surface area contributed by atoms with E-state index < -0.39 is 11.6 Å². The first-order valence-electron chi connectivity index (χ1n) is 6.64. The van der Waals surface area contributed by atoms with Gasteiger partial charge >= 0.3 is 0 Å². The van der Waals surface area contributed by atoms with Gasteiger partial charge in [0.05, 0.1) is 5.69 Å². The second-order valence-electron chi connectivity index (χ2n) is 4.60. The average molecular weight is 277 g/mol. The summed E-state index contributed by atoms with van der Waals surface area (Å²) in [4.78, 5) is 8.52. The number of nitrogens with zero attached hydrogens (tertiary/aromatic N) is 2. The molecule has 0 atom stereocenters. The lowest BCUT2D eigenvalue weighted by Gasteiger charge is -2.05. The molecule has 3 nitrogen and oxygen atoms in total. The Balaban J connectivity index is 2.07. The third kappa shape index (κ3) is 4.35. The van der Waals surface area contributed by atoms with Crippen LogP contribution in [0.1, 0.15) is 30.4 Å². The van der Waals surface area contributed by atoms with E-state index in [0.29, 0.717) is 24.4 Å². The zero-order valence-corrected chi connectivity index (χ0v) is 11.4. The molecule has 20 heavy (non-hydrogen) atoms. The second-order valence-corrected chi connectivity index (χ2v) is 4.60. The fourth-order valence-electron chi connectivity index (χ4n) is 1.91. The van der Waals surface area contributed by atoms with E-state index in [2.05, 4.69) is 22.2 Å². The molecular weight excluding hydrogens is 260 g/mol. The largest absolute Gasteiger partial charge is 0.311 e. The van der Waals surface area contributed by atoms with Crippen molar-refractivity contribution in [2.24, 2.45) is 0 Å². The molecule has 1 N–H and O–H groups in total. The minimum atomic E-state index is -0.583. The summed E-state index contributed by atoms with van der Waals surface area (Å²) in [7, 11) is 0. The zero-order valence-electron chi connectivity index (χ0n) is 11.4. The highest BCUT2D eigenvalue weighted by Gasteiger charge is 2.05. The van der Waals surface area contributed by atoms with E-state index >= 15 is 0 Å². The molecule has 106 valence electrons. The molecule has 0 saturated carbocycles. The van der Waals surface area contributed by atoms with Crippen molar-refractivity contribution in [3.8, 4) is 0 Å². The summed E-state index contributed by atoms with van der Waals surface area (Å²) >= 11 is 0. The summed E-state index contributed by atoms with van der Waals surface area (Å²) in [5.41, 5.74) is 1.40. The van der Waals surface area contributed by atoms with Gasteiger partial charge in [-0.1, -0.05) is 6.92 Å². The Morgan fingerprint density at radius 1 is 1.15 bits per heavy atom. The van der Waals surface area contributed by atoms with Gasteiger partial charge in [-0.2, -0.15) is 0 Å². The van der Waals surface area contributed by atoms with Gasteiger partial charge in [0, 0.05) is 25.2 Å². The predicted molar refractivity (Wildman–Crippen MR) is 73.2 cm³/mol. The maximum atomic E-state index is 13.1. The van der Waals surface area contributed by atoms with Crippen molar-refractivity contribution in [2.45, 2.75) is 26.3 Å². The SMILES string of the molecule is CCCNCc1ccnc(Cc2cc(F)cc(F)c2)n1. The first kappa shape index (κ1) is 14.5. The molecule has 1 aromatic carbocycles. The molecule has 0 aliphatic carbocycles. The Morgan fingerprint density at radius 2 is 1.90 bits per heavy atom. The Kier molecular flexibility index (Phi) is 5.12. The van der Waals surface area contributed by atoms with Gasteiger partial charge < -0.3 is 5.32 Å². The van der Waals surface area contributed by atoms with Crippen molar-refractivity contribution < 1.29 is 8.78 Å². The quantitative estimate of drug-likeness (QED) is 0.825. The van der Waals surface area contributed by atoms with E-state index in [0.717, 1.165) is 24.7 Å². The van der Waals surface area contributed by atoms with Crippen LogP contribution in [0.5, 0.6) is 0 Å². The fourth-order valence-corrected chi connectivity index (χ4v) is 1.91. The molecule has 0 fully saturated rings. The van der Waals surface area contributed by atoms with E-state index in [9.17, 15) is 8.78 Å². The number of hydrogen-bond acceptors (Lipinski definition) is 3. The van der Waals surface area contributed by atoms with Crippen molar-refractivity contribution in [3.63, 3.8) is 0 Å². The Morgan fingerprint density at radius 3 is 2.60 bits per heavy atom. The van der Waals surface area contributed by atoms with Gasteiger partial charge in [0.1, 0.15) is 17.5 Å². The third-order valence-electron chi connectivity index (χ3n) is 2.78. The predicted octanol–water partition coefficient (Wildman–Crippen LogP) is 2.85. The van der Waals surface area contributed by atoms with Crippen LogP contribution in [0.3, 0.4) is 0 Å². The third-order valence-corrected chi connectivity index (χ3v) is 2.78. The summed E-state index contributed by atoms with van der Waals surface area (Å²) in [6.45, 7) is 3.69. The molecule has 5 heteroatoms. The lowest BCUT2D eigenvalue weighted by molar-refractivity contribution is 0.580. The first-order valence-corrected chi connectivity index (χ1v) is 6.64. The lowest BCUT2D eigenvalue weighted by atomic mass is 10.1. The highest BCUT2D eigenvalue weighted by atomic mass is 19.1. The zero-order chi connectivity index (χ0) is 14.4. The van der Waals surface area contributed by atoms with Crippen LogP contribution >= 0.6 is 0 Å². The van der Waals surface area contributed by atoms with Crippen LogP contribution in [0, 0.1) is 11.6 Å². The van der Waals surface area contributed by atoms with Crippen molar-refractivity contribution in [1.29, 1.82) is 0 Å². The molecule has 0 spiro atoms. The maximum absolute atomic E-state index is 13.1. The van der Waals surface area contributed by atoms with Crippen molar-refractivity contribution in [1.82, 2.24) is 15.3 Å². The van der Waals surface area contributed by atoms with E-state index in [1.54, 1.807) is 6.20 Å². The summed E-state index contributed by atoms with van der Waals surface area (Å²) in [6.07, 6.45) is 3.04. The van der Waals surface area contributed by atoms with Gasteiger partial charge in [-0.25, -0.2) is 18.7 Å². The second kappa shape index (κ2) is 7.05. The Hall–Kier alpha value is -1.88. The fraction of sp³-hybridized carbons (Fsp3) is 0.333. The molecule has 2 aromatic rings. The van der Waals surface area contributed by atoms with Crippen molar-refractivity contribution in [3.05, 3.63) is 59.2 Å². The highest BCUT2D eigenvalue weighted by Crippen LogP contribution is 2.11. The van der Waals surface area contributed by atoms with Crippen LogP contribution in [-0.4, -0.2) is 16.5 Å². The minimum Gasteiger partial charge on any atom is -0.311 e. The number of aromatic nitrogens is 2. The van der Waals surface area contributed by atoms with E-state index in [4.69, 9.17) is 0 Å². The Labute approximate surface area is 117 Å². The number of halogens is 2. The number of nitrogens with one attached hydrogen (secondary N) is 1. The van der Waals surface area contributed by atoms with E-state index in [1.807, 2.05) is 6.07 Å². The summed E-state index contributed by atoms with van der Waals surface area (Å²) in [6, 6.07) is 5.29. The molecule has 0 bridgehead atoms. The van der Waals surface area contributed by atoms with E-state index in [-0.39, 0.29) is 0 Å². The molecule has 1 heterocycles. The monoisotopic (exact) mass is 277 g/mol. The van der Waals surface area contributed by atoms with Crippen LogP contribution in [0.25, 0.3) is 0 Å². The summed E-state index contributed by atoms with van der Waals surface area (Å²) in [5.74, 6) is -0.604. The molecule has 0 radical (unpaired) electrons. The van der Waals surface area contributed by atoms with Gasteiger partial charge in [-0.05, 0) is 36.7 Å². The first-order chi connectivity index (χ1) is 9.67. The van der Waals surface area contributed by atoms with Crippen LogP contribution < -0.4 is 5.32 Å². The van der Waals surface area contributed by atoms with Crippen LogP contribution in [0.4, 0.5) is 8.78 Å². The van der Waals surface area contributed by atoms with E-state index in [1.165, 1.54) is 12.1 Å². The topological polar surface area (TPSA) is 37.8 Å². The van der Waals surface area contributed by atoms with Crippen molar-refractivity contribution in [2.75, 3.05) is 6.54 Å². The lowest BCUT2D eigenvalue weighted by Crippen LogP contribution is -2.15. The van der Waals surface area contributed by atoms with Gasteiger partial charge in [0.2, 0.25) is 0 Å². The van der Waals surface area contributed by atoms with Crippen LogP contribution in [0.2, 0.25) is 0 Å². The van der Waals surface area contributed by atoms with Gasteiger partial charge in [0.15, 0.2) is 0 Å². The molecule has 0 unspecified atom stereocenters. The smallest absolute Gasteiger partial charge is 0.132 e. The summed E-state index contributed by atoms with van der Waals surface area (Å²) in [5, 5.41) is 3.25. The van der Waals surface area contributed by atoms with Crippen LogP contribution in [0.15, 0.2) is 30.5 Å². The maximum Gasteiger partial charge on any atom is 0.132 e. The minimum absolute atomic E-state index is 0.316. The van der Waals surface area contributed by atoms with Gasteiger partial charge in [-0.15, -0.1) is 0 Å². The number of hydrogen-bond donors (Lipinski definition) is 1. The van der Waals surface area contributed by atoms with Crippen molar-refractivity contribution >= 4 is 0 Å². The molecule has 0 amide bonds. The van der Waals surface area contributed by atoms with Gasteiger partial charge in [-0.3, -0.25) is 0 Å². The molecule has 2 rings (SSSR count). The van der Waals surface area contributed by atoms with Gasteiger partial charge in [0.25, 0.3) is 0 Å². The average Bonchev–Trinajstić information content (AvgIpc) is 2.38. The molecule has 0 saturated heterocycles. The molecule has 0 aliphatic heterocycles. The molecule has 0 aliphatic rings. The molecule has 1 aromatic heterocycles. The summed E-state index contributed by atoms with van der Waals surface area (Å²) < 4.78 is 26.2. The number of benzene rings is 1. The normalized spacial score (nSPS) is 10.8. The van der Waals surface area contributed by atoms with Crippen LogP contribution in [-0.2, 0) is 13.0 Å². The highest BCUT2D eigenvalue weighted by molar-refractivity contribution is 5.21. The Bertz CT molecular complexity index is 553.